The Bertz CT molecular complexity index is 1080. The minimum absolute atomic E-state index is 0.0632. The fourth-order valence-electron chi connectivity index (χ4n) is 3.17. The van der Waals surface area contributed by atoms with Gasteiger partial charge in [0.25, 0.3) is 5.56 Å². The molecule has 2 aromatic heterocycles. The number of ether oxygens (including phenoxy) is 1. The van der Waals surface area contributed by atoms with Crippen LogP contribution in [0.4, 0.5) is 15.9 Å². The van der Waals surface area contributed by atoms with E-state index in [9.17, 15) is 9.18 Å². The van der Waals surface area contributed by atoms with Gasteiger partial charge in [-0.3, -0.25) is 4.79 Å². The second-order valence-electron chi connectivity index (χ2n) is 6.59. The van der Waals surface area contributed by atoms with E-state index < -0.39 is 5.82 Å². The van der Waals surface area contributed by atoms with Crippen LogP contribution in [0.25, 0.3) is 22.0 Å². The maximum absolute atomic E-state index is 13.7. The lowest BCUT2D eigenvalue weighted by Gasteiger charge is -2.16. The molecule has 0 aliphatic heterocycles. The molecule has 0 aliphatic rings. The first-order valence-electron chi connectivity index (χ1n) is 8.89. The zero-order chi connectivity index (χ0) is 20.4. The maximum atomic E-state index is 13.7. The van der Waals surface area contributed by atoms with Gasteiger partial charge >= 0.3 is 0 Å². The van der Waals surface area contributed by atoms with Crippen molar-refractivity contribution in [3.05, 3.63) is 51.7 Å². The molecule has 3 N–H and O–H groups in total. The van der Waals surface area contributed by atoms with E-state index in [1.807, 2.05) is 19.9 Å². The van der Waals surface area contributed by atoms with Crippen LogP contribution in [0.1, 0.15) is 13.8 Å². The Balaban J connectivity index is 2.17. The SMILES string of the molecule is CCn1c(=O)c(-c2cc(N)c(F)cc2Cl)cc2cnc(NC(C)COC)cc21. The molecular weight excluding hydrogens is 383 g/mol. The third-order valence-corrected chi connectivity index (χ3v) is 4.79. The van der Waals surface area contributed by atoms with Crippen LogP contribution in [0, 0.1) is 5.82 Å². The standard InChI is InChI=1S/C20H22ClFN4O2/c1-4-26-18-8-19(25-11(2)10-28-3)24-9-12(18)5-14(20(26)27)13-6-17(23)16(22)7-15(13)21/h5-9,11H,4,10,23H2,1-3H3,(H,24,25). The lowest BCUT2D eigenvalue weighted by atomic mass is 10.0. The number of fused-ring (bicyclic) bond motifs is 1. The molecule has 0 spiro atoms. The van der Waals surface area contributed by atoms with Gasteiger partial charge in [-0.1, -0.05) is 11.6 Å². The number of nitrogen functional groups attached to an aromatic ring is 1. The van der Waals surface area contributed by atoms with Gasteiger partial charge in [0.05, 0.1) is 22.8 Å². The molecule has 8 heteroatoms. The van der Waals surface area contributed by atoms with Gasteiger partial charge in [0.1, 0.15) is 11.6 Å². The van der Waals surface area contributed by atoms with Crippen molar-refractivity contribution in [2.75, 3.05) is 24.8 Å². The molecular formula is C20H22ClFN4O2. The number of nitrogens with two attached hydrogens (primary N) is 1. The first kappa shape index (κ1) is 20.1. The molecule has 0 bridgehead atoms. The number of halogens is 2. The van der Waals surface area contributed by atoms with Crippen LogP contribution < -0.4 is 16.6 Å². The van der Waals surface area contributed by atoms with Crippen molar-refractivity contribution < 1.29 is 9.13 Å². The molecule has 0 aliphatic carbocycles. The Kier molecular flexibility index (Phi) is 5.86. The van der Waals surface area contributed by atoms with E-state index >= 15 is 0 Å². The predicted octanol–water partition coefficient (Wildman–Crippen LogP) is 3.90. The average Bonchev–Trinajstić information content (AvgIpc) is 2.65. The van der Waals surface area contributed by atoms with Gasteiger partial charge < -0.3 is 20.4 Å². The van der Waals surface area contributed by atoms with Crippen LogP contribution >= 0.6 is 11.6 Å². The molecule has 0 radical (unpaired) electrons. The van der Waals surface area contributed by atoms with Crippen LogP contribution in [0.5, 0.6) is 0 Å². The van der Waals surface area contributed by atoms with Crippen molar-refractivity contribution in [3.63, 3.8) is 0 Å². The van der Waals surface area contributed by atoms with Crippen LogP contribution in [0.3, 0.4) is 0 Å². The fraction of sp³-hybridized carbons (Fsp3) is 0.300. The third kappa shape index (κ3) is 3.81. The van der Waals surface area contributed by atoms with Gasteiger partial charge in [0.15, 0.2) is 0 Å². The van der Waals surface area contributed by atoms with Gasteiger partial charge in [-0.15, -0.1) is 0 Å². The van der Waals surface area contributed by atoms with Crippen molar-refractivity contribution >= 4 is 34.0 Å². The molecule has 0 saturated carbocycles. The molecule has 1 aromatic carbocycles. The monoisotopic (exact) mass is 404 g/mol. The number of anilines is 2. The summed E-state index contributed by atoms with van der Waals surface area (Å²) in [4.78, 5) is 17.5. The maximum Gasteiger partial charge on any atom is 0.258 e. The largest absolute Gasteiger partial charge is 0.396 e. The van der Waals surface area contributed by atoms with Gasteiger partial charge in [0.2, 0.25) is 0 Å². The lowest BCUT2D eigenvalue weighted by molar-refractivity contribution is 0.190. The second kappa shape index (κ2) is 8.16. The van der Waals surface area contributed by atoms with E-state index in [-0.39, 0.29) is 22.3 Å². The van der Waals surface area contributed by atoms with E-state index in [4.69, 9.17) is 22.1 Å². The number of pyridine rings is 2. The smallest absolute Gasteiger partial charge is 0.258 e. The fourth-order valence-corrected chi connectivity index (χ4v) is 3.43. The van der Waals surface area contributed by atoms with Crippen LogP contribution in [0.2, 0.25) is 5.02 Å². The molecule has 1 atom stereocenters. The Morgan fingerprint density at radius 3 is 2.75 bits per heavy atom. The highest BCUT2D eigenvalue weighted by Crippen LogP contribution is 2.31. The molecule has 2 heterocycles. The van der Waals surface area contributed by atoms with Crippen LogP contribution in [0.15, 0.2) is 35.3 Å². The first-order chi connectivity index (χ1) is 13.3. The van der Waals surface area contributed by atoms with Crippen molar-refractivity contribution in [1.82, 2.24) is 9.55 Å². The summed E-state index contributed by atoms with van der Waals surface area (Å²) in [5.41, 5.74) is 6.87. The number of benzene rings is 1. The quantitative estimate of drug-likeness (QED) is 0.609. The number of aromatic nitrogens is 2. The minimum Gasteiger partial charge on any atom is -0.396 e. The van der Waals surface area contributed by atoms with E-state index in [0.717, 1.165) is 17.0 Å². The van der Waals surface area contributed by atoms with Crippen LogP contribution in [-0.2, 0) is 11.3 Å². The van der Waals surface area contributed by atoms with Crippen molar-refractivity contribution in [3.8, 4) is 11.1 Å². The summed E-state index contributed by atoms with van der Waals surface area (Å²) in [6, 6.07) is 6.11. The van der Waals surface area contributed by atoms with Crippen molar-refractivity contribution in [1.29, 1.82) is 0 Å². The van der Waals surface area contributed by atoms with Gasteiger partial charge in [-0.05, 0) is 32.0 Å². The number of methoxy groups -OCH3 is 1. The molecule has 0 amide bonds. The topological polar surface area (TPSA) is 82.2 Å². The van der Waals surface area contributed by atoms with Gasteiger partial charge in [-0.25, -0.2) is 9.37 Å². The highest BCUT2D eigenvalue weighted by Gasteiger charge is 2.16. The summed E-state index contributed by atoms with van der Waals surface area (Å²) in [6.45, 7) is 4.84. The Morgan fingerprint density at radius 1 is 1.32 bits per heavy atom. The Morgan fingerprint density at radius 2 is 2.07 bits per heavy atom. The van der Waals surface area contributed by atoms with Crippen molar-refractivity contribution in [2.24, 2.45) is 0 Å². The van der Waals surface area contributed by atoms with E-state index in [0.29, 0.717) is 30.1 Å². The zero-order valence-corrected chi connectivity index (χ0v) is 16.7. The molecule has 6 nitrogen and oxygen atoms in total. The number of rotatable bonds is 6. The first-order valence-corrected chi connectivity index (χ1v) is 9.27. The summed E-state index contributed by atoms with van der Waals surface area (Å²) in [6.07, 6.45) is 1.69. The molecule has 3 rings (SSSR count). The van der Waals surface area contributed by atoms with E-state index in [2.05, 4.69) is 10.3 Å². The number of nitrogens with zero attached hydrogens (tertiary/aromatic N) is 2. The van der Waals surface area contributed by atoms with Gasteiger partial charge in [0, 0.05) is 48.5 Å². The third-order valence-electron chi connectivity index (χ3n) is 4.48. The molecule has 28 heavy (non-hydrogen) atoms. The highest BCUT2D eigenvalue weighted by atomic mass is 35.5. The second-order valence-corrected chi connectivity index (χ2v) is 7.00. The summed E-state index contributed by atoms with van der Waals surface area (Å²) < 4.78 is 20.4. The molecule has 1 unspecified atom stereocenters. The summed E-state index contributed by atoms with van der Waals surface area (Å²) in [7, 11) is 1.63. The minimum atomic E-state index is -0.618. The molecule has 3 aromatic rings. The number of hydrogen-bond acceptors (Lipinski definition) is 5. The number of aryl methyl sites for hydroxylation is 1. The van der Waals surface area contributed by atoms with E-state index in [1.54, 1.807) is 23.9 Å². The van der Waals surface area contributed by atoms with Crippen molar-refractivity contribution in [2.45, 2.75) is 26.4 Å². The van der Waals surface area contributed by atoms with E-state index in [1.165, 1.54) is 6.07 Å². The Labute approximate surface area is 167 Å². The van der Waals surface area contributed by atoms with Crippen LogP contribution in [-0.4, -0.2) is 29.3 Å². The molecule has 0 fully saturated rings. The number of nitrogens with one attached hydrogen (secondary N) is 1. The van der Waals surface area contributed by atoms with Gasteiger partial charge in [-0.2, -0.15) is 0 Å². The average molecular weight is 405 g/mol. The summed E-state index contributed by atoms with van der Waals surface area (Å²) in [5, 5.41) is 4.14. The summed E-state index contributed by atoms with van der Waals surface area (Å²) >= 11 is 6.19. The predicted molar refractivity (Wildman–Crippen MR) is 111 cm³/mol. The normalized spacial score (nSPS) is 12.3. The molecule has 0 saturated heterocycles. The lowest BCUT2D eigenvalue weighted by Crippen LogP contribution is -2.23. The zero-order valence-electron chi connectivity index (χ0n) is 15.9. The Hall–Kier alpha value is -2.64. The summed E-state index contributed by atoms with van der Waals surface area (Å²) in [5.74, 6) is 0.0309. The molecule has 148 valence electrons. The highest BCUT2D eigenvalue weighted by molar-refractivity contribution is 6.33. The number of hydrogen-bond donors (Lipinski definition) is 2.